The molecule has 2 saturated heterocycles. The van der Waals surface area contributed by atoms with E-state index in [-0.39, 0.29) is 5.69 Å². The summed E-state index contributed by atoms with van der Waals surface area (Å²) in [7, 11) is -5.02. The van der Waals surface area contributed by atoms with Crippen LogP contribution in [0.4, 0.5) is 27.6 Å². The Morgan fingerprint density at radius 2 is 1.67 bits per heavy atom. The molecule has 3 saturated carbocycles. The molecule has 3 N–H and O–H groups in total. The van der Waals surface area contributed by atoms with Crippen LogP contribution >= 0.6 is 0 Å². The van der Waals surface area contributed by atoms with E-state index in [0.717, 1.165) is 25.0 Å². The van der Waals surface area contributed by atoms with Crippen LogP contribution in [-0.4, -0.2) is 97.6 Å². The van der Waals surface area contributed by atoms with E-state index >= 15 is 0 Å². The number of rotatable bonds is 8. The van der Waals surface area contributed by atoms with Gasteiger partial charge in [0.1, 0.15) is 5.41 Å². The molecule has 17 heteroatoms. The number of piperazine rings is 1. The first-order valence-corrected chi connectivity index (χ1v) is 16.5. The summed E-state index contributed by atoms with van der Waals surface area (Å²) >= 11 is 0. The zero-order valence-electron chi connectivity index (χ0n) is 24.5. The summed E-state index contributed by atoms with van der Waals surface area (Å²) in [6, 6.07) is 4.98. The van der Waals surface area contributed by atoms with E-state index in [0.29, 0.717) is 37.1 Å². The lowest BCUT2D eigenvalue weighted by Crippen LogP contribution is -2.61. The number of aliphatic carboxylic acids is 1. The van der Waals surface area contributed by atoms with Gasteiger partial charge >= 0.3 is 12.1 Å². The van der Waals surface area contributed by atoms with Crippen molar-refractivity contribution < 1.29 is 49.9 Å². The van der Waals surface area contributed by atoms with E-state index in [2.05, 4.69) is 4.90 Å². The highest BCUT2D eigenvalue weighted by molar-refractivity contribution is 7.92. The summed E-state index contributed by atoms with van der Waals surface area (Å²) in [4.78, 5) is 42.2. The number of amides is 2. The highest BCUT2D eigenvalue weighted by Crippen LogP contribution is 2.68. The molecule has 2 aliphatic heterocycles. The predicted octanol–water partition coefficient (Wildman–Crippen LogP) is 2.11. The van der Waals surface area contributed by atoms with Crippen LogP contribution in [-0.2, 0) is 30.4 Å². The van der Waals surface area contributed by atoms with E-state index in [9.17, 15) is 55.1 Å². The van der Waals surface area contributed by atoms with Crippen LogP contribution in [0.5, 0.6) is 0 Å². The van der Waals surface area contributed by atoms with E-state index in [4.69, 9.17) is 5.73 Å². The smallest absolute Gasteiger partial charge is 0.417 e. The second-order valence-electron chi connectivity index (χ2n) is 13.2. The highest BCUT2D eigenvalue weighted by atomic mass is 32.2. The Bertz CT molecular complexity index is 1630. The Morgan fingerprint density at radius 1 is 1.04 bits per heavy atom. The van der Waals surface area contributed by atoms with Crippen molar-refractivity contribution in [3.8, 4) is 6.07 Å². The maximum atomic E-state index is 14.5. The number of carbonyl (C=O) groups excluding carboxylic acids is 2. The van der Waals surface area contributed by atoms with Crippen LogP contribution in [0, 0.1) is 34.0 Å². The van der Waals surface area contributed by atoms with Gasteiger partial charge in [0.25, 0.3) is 5.92 Å². The quantitative estimate of drug-likeness (QED) is 0.393. The van der Waals surface area contributed by atoms with Crippen LogP contribution in [0.1, 0.15) is 37.7 Å². The third-order valence-corrected chi connectivity index (χ3v) is 12.7. The summed E-state index contributed by atoms with van der Waals surface area (Å²) in [5, 5.41) is 18.3. The van der Waals surface area contributed by atoms with Crippen molar-refractivity contribution in [2.45, 2.75) is 60.4 Å². The predicted molar refractivity (Wildman–Crippen MR) is 149 cm³/mol. The minimum atomic E-state index is -5.13. The fourth-order valence-corrected chi connectivity index (χ4v) is 9.82. The summed E-state index contributed by atoms with van der Waals surface area (Å²) in [6.07, 6.45) is -5.15. The molecule has 5 aliphatic rings. The topological polar surface area (TPSA) is 165 Å². The molecule has 2 heterocycles. The molecule has 250 valence electrons. The number of halogens is 5. The fraction of sp³-hybridized carbons (Fsp3) is 0.655. The van der Waals surface area contributed by atoms with Crippen LogP contribution in [0.2, 0.25) is 0 Å². The zero-order valence-corrected chi connectivity index (χ0v) is 25.3. The number of hydrogen-bond donors (Lipinski definition) is 2. The van der Waals surface area contributed by atoms with E-state index in [1.165, 1.54) is 6.07 Å². The number of nitriles is 1. The molecule has 0 radical (unpaired) electrons. The Morgan fingerprint density at radius 3 is 2.15 bits per heavy atom. The first-order chi connectivity index (χ1) is 21.4. The number of hydrogen-bond acceptors (Lipinski definition) is 8. The van der Waals surface area contributed by atoms with Gasteiger partial charge in [-0.05, 0) is 50.3 Å². The number of likely N-dealkylation sites (tertiary alicyclic amines) is 1. The summed E-state index contributed by atoms with van der Waals surface area (Å²) in [5.41, 5.74) is -0.408. The first-order valence-electron chi connectivity index (χ1n) is 14.9. The Hall–Kier alpha value is -3.52. The Kier molecular flexibility index (Phi) is 7.40. The minimum Gasteiger partial charge on any atom is -0.481 e. The molecule has 3 aliphatic carbocycles. The molecule has 6 rings (SSSR count). The average molecular weight is 674 g/mol. The van der Waals surface area contributed by atoms with Gasteiger partial charge in [0.05, 0.1) is 46.2 Å². The lowest BCUT2D eigenvalue weighted by molar-refractivity contribution is -0.177. The number of alkyl halides is 5. The number of carboxylic acids is 1. The molecule has 5 atom stereocenters. The zero-order chi connectivity index (χ0) is 33.6. The SMILES string of the molecule is N#CC1(C(N)=O)CC1[C@]1(C(=O)O)C[C@H](S(=O)(=O)c2ccc(N3CCN(C4CC4)CC3)cc2C(F)(F)F)C[C@H]1C(=O)N1CC(F)(F)C1. The van der Waals surface area contributed by atoms with Gasteiger partial charge in [0.15, 0.2) is 9.84 Å². The summed E-state index contributed by atoms with van der Waals surface area (Å²) < 4.78 is 98.9. The number of sulfone groups is 1. The van der Waals surface area contributed by atoms with Gasteiger partial charge in [-0.25, -0.2) is 17.2 Å². The van der Waals surface area contributed by atoms with Crippen molar-refractivity contribution >= 4 is 33.3 Å². The van der Waals surface area contributed by atoms with Crippen LogP contribution in [0.3, 0.4) is 0 Å². The maximum Gasteiger partial charge on any atom is 0.417 e. The van der Waals surface area contributed by atoms with Crippen molar-refractivity contribution in [1.29, 1.82) is 5.26 Å². The third-order valence-electron chi connectivity index (χ3n) is 10.5. The monoisotopic (exact) mass is 673 g/mol. The molecule has 1 aromatic carbocycles. The first kappa shape index (κ1) is 32.4. The average Bonchev–Trinajstić information content (AvgIpc) is 3.91. The molecule has 46 heavy (non-hydrogen) atoms. The Labute approximate surface area is 261 Å². The molecule has 5 fully saturated rings. The standard InChI is InChI=1S/C29H32F5N5O6S/c30-27(31)14-39(15-27)23(40)20-10-18(11-28(20,25(42)43)22-12-26(22,13-35)24(36)41)46(44,45)21-4-3-17(9-19(21)29(32,33)34)38-7-5-37(6-8-38)16-1-2-16/h3-4,9,16,18,20,22H,1-2,5-8,10-12,14-15H2,(H2,36,41)(H,42,43)/t18-,20+,22?,26?,28+/m1/s1. The summed E-state index contributed by atoms with van der Waals surface area (Å²) in [6.45, 7) is 0.0263. The number of carbonyl (C=O) groups is 3. The molecular weight excluding hydrogens is 641 g/mol. The van der Waals surface area contributed by atoms with Gasteiger partial charge in [-0.3, -0.25) is 19.3 Å². The van der Waals surface area contributed by atoms with Crippen molar-refractivity contribution in [3.05, 3.63) is 23.8 Å². The molecule has 1 aromatic rings. The summed E-state index contributed by atoms with van der Waals surface area (Å²) in [5.74, 6) is -10.7. The normalized spacial score (nSPS) is 32.8. The maximum absolute atomic E-state index is 14.5. The number of primary amides is 1. The van der Waals surface area contributed by atoms with Gasteiger partial charge < -0.3 is 20.6 Å². The van der Waals surface area contributed by atoms with Gasteiger partial charge in [-0.1, -0.05) is 0 Å². The van der Waals surface area contributed by atoms with Gasteiger partial charge in [-0.15, -0.1) is 0 Å². The molecule has 2 unspecified atom stereocenters. The fourth-order valence-electron chi connectivity index (χ4n) is 7.78. The molecular formula is C29H32F5N5O6S. The van der Waals surface area contributed by atoms with Crippen molar-refractivity contribution in [2.24, 2.45) is 28.4 Å². The lowest BCUT2D eigenvalue weighted by Gasteiger charge is -2.42. The van der Waals surface area contributed by atoms with Crippen molar-refractivity contribution in [3.63, 3.8) is 0 Å². The van der Waals surface area contributed by atoms with Crippen LogP contribution in [0.25, 0.3) is 0 Å². The minimum absolute atomic E-state index is 0.165. The number of anilines is 1. The van der Waals surface area contributed by atoms with Crippen LogP contribution in [0.15, 0.2) is 23.1 Å². The largest absolute Gasteiger partial charge is 0.481 e. The molecule has 11 nitrogen and oxygen atoms in total. The Balaban J connectivity index is 1.36. The molecule has 0 spiro atoms. The van der Waals surface area contributed by atoms with E-state index < -0.39 is 110 Å². The van der Waals surface area contributed by atoms with E-state index in [1.54, 1.807) is 11.0 Å². The van der Waals surface area contributed by atoms with Gasteiger partial charge in [0.2, 0.25) is 11.8 Å². The number of benzene rings is 1. The lowest BCUT2D eigenvalue weighted by atomic mass is 9.70. The van der Waals surface area contributed by atoms with E-state index in [1.807, 2.05) is 0 Å². The second-order valence-corrected chi connectivity index (χ2v) is 15.4. The van der Waals surface area contributed by atoms with Crippen molar-refractivity contribution in [2.75, 3.05) is 44.2 Å². The highest BCUT2D eigenvalue weighted by Gasteiger charge is 2.76. The number of carboxylic acid groups (broad SMARTS) is 1. The van der Waals surface area contributed by atoms with Crippen molar-refractivity contribution in [1.82, 2.24) is 9.80 Å². The number of nitrogens with two attached hydrogens (primary N) is 1. The molecule has 0 bridgehead atoms. The molecule has 0 aromatic heterocycles. The third kappa shape index (κ3) is 5.08. The number of nitrogens with zero attached hydrogens (tertiary/aromatic N) is 4. The van der Waals surface area contributed by atoms with Gasteiger partial charge in [0, 0.05) is 43.8 Å². The van der Waals surface area contributed by atoms with Crippen LogP contribution < -0.4 is 10.6 Å². The van der Waals surface area contributed by atoms with Gasteiger partial charge in [-0.2, -0.15) is 18.4 Å². The second kappa shape index (κ2) is 10.5. The molecule has 2 amide bonds.